The van der Waals surface area contributed by atoms with Gasteiger partial charge >= 0.3 is 5.97 Å². The van der Waals surface area contributed by atoms with Crippen LogP contribution in [0.25, 0.3) is 21.5 Å². The summed E-state index contributed by atoms with van der Waals surface area (Å²) in [6.07, 6.45) is 4.30. The molecule has 0 bridgehead atoms. The molecule has 2 aromatic carbocycles. The Labute approximate surface area is 241 Å². The Kier molecular flexibility index (Phi) is 7.55. The van der Waals surface area contributed by atoms with Crippen LogP contribution in [-0.4, -0.2) is 53.8 Å². The average Bonchev–Trinajstić information content (AvgIpc) is 3.56. The van der Waals surface area contributed by atoms with Crippen molar-refractivity contribution < 1.29 is 14.1 Å². The minimum absolute atomic E-state index is 0.296. The highest BCUT2D eigenvalue weighted by Gasteiger charge is 2.35. The van der Waals surface area contributed by atoms with E-state index in [-0.39, 0.29) is 5.97 Å². The highest BCUT2D eigenvalue weighted by Crippen LogP contribution is 2.46. The quantitative estimate of drug-likeness (QED) is 0.199. The van der Waals surface area contributed by atoms with Gasteiger partial charge in [-0.2, -0.15) is 0 Å². The number of esters is 1. The molecule has 39 heavy (non-hydrogen) atoms. The Balaban J connectivity index is 1.15. The van der Waals surface area contributed by atoms with Crippen LogP contribution in [0, 0.1) is 0 Å². The van der Waals surface area contributed by atoms with Gasteiger partial charge in [-0.05, 0) is 70.0 Å². The van der Waals surface area contributed by atoms with Gasteiger partial charge in [-0.25, -0.2) is 9.78 Å². The minimum Gasteiger partial charge on any atom is -0.462 e. The normalized spacial score (nSPS) is 16.4. The molecule has 2 aromatic heterocycles. The van der Waals surface area contributed by atoms with Crippen LogP contribution in [0.2, 0.25) is 10.0 Å². The molecular weight excluding hydrogens is 555 g/mol. The second-order valence-electron chi connectivity index (χ2n) is 10.3. The van der Waals surface area contributed by atoms with Crippen LogP contribution in [0.5, 0.6) is 0 Å². The first-order chi connectivity index (χ1) is 18.9. The molecule has 1 aliphatic carbocycles. The lowest BCUT2D eigenvalue weighted by Crippen LogP contribution is -2.43. The van der Waals surface area contributed by atoms with Crippen LogP contribution in [-0.2, 0) is 11.3 Å². The highest BCUT2D eigenvalue weighted by atomic mass is 35.5. The number of piperidine rings is 1. The summed E-state index contributed by atoms with van der Waals surface area (Å²) in [6, 6.07) is 11.5. The number of ether oxygens (including phenoxy) is 1. The molecule has 204 valence electrons. The van der Waals surface area contributed by atoms with E-state index in [1.165, 1.54) is 0 Å². The number of benzene rings is 2. The van der Waals surface area contributed by atoms with Gasteiger partial charge in [-0.15, -0.1) is 0 Å². The molecule has 0 atom stereocenters. The number of thiazole rings is 1. The summed E-state index contributed by atoms with van der Waals surface area (Å²) in [5.41, 5.74) is 4.08. The predicted molar refractivity (Wildman–Crippen MR) is 156 cm³/mol. The molecule has 0 amide bonds. The average molecular weight is 586 g/mol. The lowest BCUT2D eigenvalue weighted by molar-refractivity contribution is 0.0526. The Bertz CT molecular complexity index is 1490. The third-order valence-electron chi connectivity index (χ3n) is 7.62. The number of hydrogen-bond acceptors (Lipinski definition) is 8. The van der Waals surface area contributed by atoms with Crippen LogP contribution < -0.4 is 4.90 Å². The van der Waals surface area contributed by atoms with Gasteiger partial charge in [0.15, 0.2) is 5.13 Å². The Morgan fingerprint density at radius 2 is 1.90 bits per heavy atom. The molecule has 2 aliphatic rings. The molecule has 0 spiro atoms. The number of aromatic nitrogens is 2. The lowest BCUT2D eigenvalue weighted by Gasteiger charge is -2.36. The van der Waals surface area contributed by atoms with E-state index in [1.807, 2.05) is 37.3 Å². The maximum atomic E-state index is 12.1. The number of hydrogen-bond donors (Lipinski definition) is 0. The fraction of sp³-hybridized carbons (Fsp3) is 0.414. The van der Waals surface area contributed by atoms with Crippen LogP contribution in [0.4, 0.5) is 5.13 Å². The molecule has 0 N–H and O–H groups in total. The summed E-state index contributed by atoms with van der Waals surface area (Å²) < 4.78 is 12.0. The molecule has 6 rings (SSSR count). The summed E-state index contributed by atoms with van der Waals surface area (Å²) in [4.78, 5) is 21.7. The first-order valence-electron chi connectivity index (χ1n) is 13.4. The number of nitrogens with zero attached hydrogens (tertiary/aromatic N) is 4. The molecule has 0 radical (unpaired) electrons. The number of carbonyl (C=O) groups excluding carboxylic acids is 1. The molecular formula is C29H30Cl2N4O3S. The van der Waals surface area contributed by atoms with Crippen LogP contribution in [0.3, 0.4) is 0 Å². The molecule has 0 unspecified atom stereocenters. The van der Waals surface area contributed by atoms with Crippen molar-refractivity contribution in [2.45, 2.75) is 51.1 Å². The van der Waals surface area contributed by atoms with Crippen molar-refractivity contribution in [1.82, 2.24) is 15.0 Å². The smallest absolute Gasteiger partial charge is 0.338 e. The predicted octanol–water partition coefficient (Wildman–Crippen LogP) is 7.41. The molecule has 1 saturated heterocycles. The fourth-order valence-corrected chi connectivity index (χ4v) is 6.96. The van der Waals surface area contributed by atoms with Gasteiger partial charge in [0.1, 0.15) is 11.5 Å². The van der Waals surface area contributed by atoms with E-state index in [0.29, 0.717) is 34.2 Å². The van der Waals surface area contributed by atoms with E-state index in [9.17, 15) is 4.79 Å². The Hall–Kier alpha value is -2.65. The van der Waals surface area contributed by atoms with Crippen LogP contribution in [0.15, 0.2) is 40.9 Å². The zero-order valence-electron chi connectivity index (χ0n) is 22.0. The van der Waals surface area contributed by atoms with E-state index in [2.05, 4.69) is 22.0 Å². The van der Waals surface area contributed by atoms with Gasteiger partial charge in [0.2, 0.25) is 0 Å². The van der Waals surface area contributed by atoms with Crippen molar-refractivity contribution in [3.63, 3.8) is 0 Å². The van der Waals surface area contributed by atoms with Crippen molar-refractivity contribution in [2.24, 2.45) is 0 Å². The number of halogens is 2. The standard InChI is InChI=1S/C29H30Cl2N4O3S/c1-3-37-28(36)18-9-10-23-24(15-18)39-29(32-23)35-13-11-19(12-14-35)34(2)16-20-26(33-38-27(20)17-7-8-17)25-21(30)5-4-6-22(25)31/h4-6,9-10,15,17,19H,3,7-8,11-14,16H2,1-2H3. The van der Waals surface area contributed by atoms with Gasteiger partial charge in [0.05, 0.1) is 32.4 Å². The molecule has 3 heterocycles. The second kappa shape index (κ2) is 11.1. The monoisotopic (exact) mass is 584 g/mol. The van der Waals surface area contributed by atoms with Gasteiger partial charge in [-0.3, -0.25) is 4.90 Å². The molecule has 1 aliphatic heterocycles. The summed E-state index contributed by atoms with van der Waals surface area (Å²) in [6.45, 7) is 4.74. The topological polar surface area (TPSA) is 71.7 Å². The van der Waals surface area contributed by atoms with Gasteiger partial charge in [0.25, 0.3) is 0 Å². The molecule has 1 saturated carbocycles. The first kappa shape index (κ1) is 26.6. The molecule has 4 aromatic rings. The largest absolute Gasteiger partial charge is 0.462 e. The van der Waals surface area contributed by atoms with E-state index < -0.39 is 0 Å². The van der Waals surface area contributed by atoms with E-state index >= 15 is 0 Å². The molecule has 7 nitrogen and oxygen atoms in total. The van der Waals surface area contributed by atoms with Crippen molar-refractivity contribution in [2.75, 3.05) is 31.6 Å². The number of fused-ring (bicyclic) bond motifs is 1. The Morgan fingerprint density at radius 1 is 1.15 bits per heavy atom. The van der Waals surface area contributed by atoms with E-state index in [4.69, 9.17) is 37.4 Å². The summed E-state index contributed by atoms with van der Waals surface area (Å²) in [5, 5.41) is 6.62. The van der Waals surface area contributed by atoms with Gasteiger partial charge < -0.3 is 14.2 Å². The maximum Gasteiger partial charge on any atom is 0.338 e. The van der Waals surface area contributed by atoms with Crippen molar-refractivity contribution in [3.8, 4) is 11.3 Å². The van der Waals surface area contributed by atoms with Crippen LogP contribution >= 0.6 is 34.5 Å². The van der Waals surface area contributed by atoms with Gasteiger partial charge in [-0.1, -0.05) is 45.8 Å². The maximum absolute atomic E-state index is 12.1. The number of carbonyl (C=O) groups is 1. The highest BCUT2D eigenvalue weighted by molar-refractivity contribution is 7.22. The third-order valence-corrected chi connectivity index (χ3v) is 9.33. The van der Waals surface area contributed by atoms with Gasteiger partial charge in [0, 0.05) is 42.7 Å². The summed E-state index contributed by atoms with van der Waals surface area (Å²) in [7, 11) is 2.18. The summed E-state index contributed by atoms with van der Waals surface area (Å²) >= 11 is 14.7. The third kappa shape index (κ3) is 5.40. The number of rotatable bonds is 8. The molecule has 2 fully saturated rings. The van der Waals surface area contributed by atoms with Crippen molar-refractivity contribution >= 4 is 55.9 Å². The fourth-order valence-electron chi connectivity index (χ4n) is 5.33. The van der Waals surface area contributed by atoms with E-state index in [1.54, 1.807) is 17.4 Å². The number of anilines is 1. The lowest BCUT2D eigenvalue weighted by atomic mass is 10.0. The SMILES string of the molecule is CCOC(=O)c1ccc2nc(N3CCC(N(C)Cc4c(-c5c(Cl)cccc5Cl)noc4C4CC4)CC3)sc2c1. The zero-order chi connectivity index (χ0) is 27.1. The first-order valence-corrected chi connectivity index (χ1v) is 15.0. The minimum atomic E-state index is -0.296. The molecule has 10 heteroatoms. The van der Waals surface area contributed by atoms with E-state index in [0.717, 1.165) is 83.2 Å². The van der Waals surface area contributed by atoms with Crippen molar-refractivity contribution in [1.29, 1.82) is 0 Å². The second-order valence-corrected chi connectivity index (χ2v) is 12.1. The van der Waals surface area contributed by atoms with Crippen LogP contribution in [0.1, 0.15) is 60.2 Å². The van der Waals surface area contributed by atoms with Crippen molar-refractivity contribution in [3.05, 3.63) is 63.3 Å². The summed E-state index contributed by atoms with van der Waals surface area (Å²) in [5.74, 6) is 1.11. The zero-order valence-corrected chi connectivity index (χ0v) is 24.3. The Morgan fingerprint density at radius 3 is 2.59 bits per heavy atom.